The van der Waals surface area contributed by atoms with Crippen molar-refractivity contribution in [3.05, 3.63) is 64.7 Å². The van der Waals surface area contributed by atoms with E-state index in [2.05, 4.69) is 12.1 Å². The summed E-state index contributed by atoms with van der Waals surface area (Å²) in [6.45, 7) is 3.90. The normalized spacial score (nSPS) is 18.3. The van der Waals surface area contributed by atoms with Gasteiger partial charge in [0.25, 0.3) is 0 Å². The molecule has 2 aromatic carbocycles. The molecule has 0 fully saturated rings. The van der Waals surface area contributed by atoms with E-state index in [0.717, 1.165) is 12.8 Å². The number of halogens is 1. The van der Waals surface area contributed by atoms with Crippen molar-refractivity contribution in [2.75, 3.05) is 6.61 Å². The summed E-state index contributed by atoms with van der Waals surface area (Å²) < 4.78 is 28.8. The first kappa shape index (κ1) is 21.3. The Hall–Kier alpha value is -1.40. The Kier molecular flexibility index (Phi) is 6.81. The molecule has 0 saturated heterocycles. The smallest absolute Gasteiger partial charge is 0.243 e. The number of benzene rings is 2. The van der Waals surface area contributed by atoms with E-state index in [0.29, 0.717) is 17.9 Å². The van der Waals surface area contributed by atoms with Gasteiger partial charge < -0.3 is 5.11 Å². The molecule has 0 aliphatic heterocycles. The summed E-state index contributed by atoms with van der Waals surface area (Å²) >= 11 is 5.96. The molecule has 3 rings (SSSR count). The van der Waals surface area contributed by atoms with Crippen molar-refractivity contribution >= 4 is 21.6 Å². The van der Waals surface area contributed by atoms with Crippen molar-refractivity contribution in [2.45, 2.75) is 56.5 Å². The van der Waals surface area contributed by atoms with Crippen molar-refractivity contribution in [3.63, 3.8) is 0 Å². The van der Waals surface area contributed by atoms with Crippen molar-refractivity contribution in [2.24, 2.45) is 5.92 Å². The molecule has 6 heteroatoms. The molecule has 2 unspecified atom stereocenters. The maximum absolute atomic E-state index is 13.6. The number of nitrogens with zero attached hydrogens (tertiary/aromatic N) is 1. The Morgan fingerprint density at radius 1 is 1.11 bits per heavy atom. The molecule has 28 heavy (non-hydrogen) atoms. The Morgan fingerprint density at radius 2 is 1.75 bits per heavy atom. The van der Waals surface area contributed by atoms with Crippen LogP contribution in [0, 0.1) is 5.92 Å². The predicted molar refractivity (Wildman–Crippen MR) is 113 cm³/mol. The maximum Gasteiger partial charge on any atom is 0.243 e. The van der Waals surface area contributed by atoms with Crippen LogP contribution < -0.4 is 0 Å². The first-order valence-corrected chi connectivity index (χ1v) is 11.6. The van der Waals surface area contributed by atoms with Crippen LogP contribution in [0.4, 0.5) is 0 Å². The zero-order chi connectivity index (χ0) is 20.3. The third kappa shape index (κ3) is 4.60. The second-order valence-corrected chi connectivity index (χ2v) is 10.2. The molecule has 0 radical (unpaired) electrons. The largest absolute Gasteiger partial charge is 0.395 e. The lowest BCUT2D eigenvalue weighted by Crippen LogP contribution is -2.51. The van der Waals surface area contributed by atoms with Gasteiger partial charge in [0.2, 0.25) is 10.0 Å². The van der Waals surface area contributed by atoms with E-state index in [4.69, 9.17) is 11.6 Å². The molecule has 1 aliphatic rings. The van der Waals surface area contributed by atoms with Crippen molar-refractivity contribution in [1.29, 1.82) is 0 Å². The summed E-state index contributed by atoms with van der Waals surface area (Å²) in [6.07, 6.45) is 2.87. The van der Waals surface area contributed by atoms with Crippen molar-refractivity contribution in [3.8, 4) is 0 Å². The van der Waals surface area contributed by atoms with Crippen LogP contribution >= 0.6 is 11.6 Å². The Labute approximate surface area is 173 Å². The van der Waals surface area contributed by atoms with Crippen LogP contribution in [0.25, 0.3) is 0 Å². The molecule has 2 atom stereocenters. The van der Waals surface area contributed by atoms with Gasteiger partial charge in [-0.1, -0.05) is 49.7 Å². The highest BCUT2D eigenvalue weighted by atomic mass is 35.5. The van der Waals surface area contributed by atoms with E-state index in [1.807, 2.05) is 26.0 Å². The van der Waals surface area contributed by atoms with E-state index >= 15 is 0 Å². The number of aliphatic hydroxyl groups excluding tert-OH is 1. The van der Waals surface area contributed by atoms with Gasteiger partial charge in [0.05, 0.1) is 11.5 Å². The fourth-order valence-corrected chi connectivity index (χ4v) is 6.08. The minimum Gasteiger partial charge on any atom is -0.395 e. The summed E-state index contributed by atoms with van der Waals surface area (Å²) in [7, 11) is -3.76. The van der Waals surface area contributed by atoms with Gasteiger partial charge in [-0.05, 0) is 67.0 Å². The average molecular weight is 422 g/mol. The molecule has 0 aromatic heterocycles. The van der Waals surface area contributed by atoms with Crippen LogP contribution in [0.3, 0.4) is 0 Å². The number of rotatable bonds is 7. The summed E-state index contributed by atoms with van der Waals surface area (Å²) in [5, 5.41) is 10.6. The molecule has 0 bridgehead atoms. The summed E-state index contributed by atoms with van der Waals surface area (Å²) in [5.41, 5.74) is 2.48. The monoisotopic (exact) mass is 421 g/mol. The van der Waals surface area contributed by atoms with E-state index in [1.54, 1.807) is 28.6 Å². The molecule has 0 amide bonds. The molecular formula is C22H28ClNO3S. The van der Waals surface area contributed by atoms with Crippen molar-refractivity contribution in [1.82, 2.24) is 4.31 Å². The zero-order valence-electron chi connectivity index (χ0n) is 16.4. The molecule has 0 saturated carbocycles. The van der Waals surface area contributed by atoms with Crippen LogP contribution in [-0.4, -0.2) is 36.5 Å². The molecule has 0 heterocycles. The highest BCUT2D eigenvalue weighted by molar-refractivity contribution is 7.89. The van der Waals surface area contributed by atoms with Gasteiger partial charge in [0, 0.05) is 17.1 Å². The highest BCUT2D eigenvalue weighted by Gasteiger charge is 2.38. The molecule has 2 aromatic rings. The van der Waals surface area contributed by atoms with Crippen molar-refractivity contribution < 1.29 is 13.5 Å². The third-order valence-corrected chi connectivity index (χ3v) is 7.66. The number of fused-ring (bicyclic) bond motifs is 1. The Morgan fingerprint density at radius 3 is 2.36 bits per heavy atom. The van der Waals surface area contributed by atoms with Crippen LogP contribution in [-0.2, 0) is 22.9 Å². The van der Waals surface area contributed by atoms with E-state index in [-0.39, 0.29) is 23.5 Å². The number of sulfonamides is 1. The third-order valence-electron chi connectivity index (χ3n) is 5.38. The number of hydrogen-bond donors (Lipinski definition) is 1. The minimum absolute atomic E-state index is 0.175. The second kappa shape index (κ2) is 8.95. The van der Waals surface area contributed by atoms with Gasteiger partial charge in [0.1, 0.15) is 0 Å². The lowest BCUT2D eigenvalue weighted by molar-refractivity contribution is 0.133. The second-order valence-electron chi connectivity index (χ2n) is 7.92. The number of hydrogen-bond acceptors (Lipinski definition) is 3. The van der Waals surface area contributed by atoms with Crippen LogP contribution in [0.15, 0.2) is 53.4 Å². The number of aryl methyl sites for hydroxylation is 1. The average Bonchev–Trinajstić information content (AvgIpc) is 2.67. The first-order chi connectivity index (χ1) is 13.3. The maximum atomic E-state index is 13.6. The van der Waals surface area contributed by atoms with Gasteiger partial charge in [-0.15, -0.1) is 0 Å². The van der Waals surface area contributed by atoms with Crippen LogP contribution in [0.5, 0.6) is 0 Å². The molecule has 152 valence electrons. The van der Waals surface area contributed by atoms with Crippen LogP contribution in [0.2, 0.25) is 5.02 Å². The summed E-state index contributed by atoms with van der Waals surface area (Å²) in [4.78, 5) is 0.220. The standard InChI is InChI=1S/C22H28ClNO3S/c1-16(2)13-21(15-25)24(28(26,27)22-11-8-19(23)9-12-22)20-10-7-17-5-3-4-6-18(17)14-20/h3-6,8-9,11-12,16,20-21,25H,7,10,13-15H2,1-2H3. The fraction of sp³-hybridized carbons (Fsp3) is 0.455. The summed E-state index contributed by atoms with van der Waals surface area (Å²) in [5.74, 6) is 0.274. The lowest BCUT2D eigenvalue weighted by atomic mass is 9.87. The van der Waals surface area contributed by atoms with Gasteiger partial charge in [-0.25, -0.2) is 8.42 Å². The van der Waals surface area contributed by atoms with E-state index in [9.17, 15) is 13.5 Å². The Balaban J connectivity index is 2.01. The first-order valence-electron chi connectivity index (χ1n) is 9.79. The quantitative estimate of drug-likeness (QED) is 0.725. The van der Waals surface area contributed by atoms with Gasteiger partial charge in [-0.2, -0.15) is 4.31 Å². The van der Waals surface area contributed by atoms with Gasteiger partial charge >= 0.3 is 0 Å². The highest BCUT2D eigenvalue weighted by Crippen LogP contribution is 2.32. The molecule has 0 spiro atoms. The van der Waals surface area contributed by atoms with Gasteiger partial charge in [0.15, 0.2) is 0 Å². The van der Waals surface area contributed by atoms with E-state index < -0.39 is 16.1 Å². The topological polar surface area (TPSA) is 57.6 Å². The minimum atomic E-state index is -3.76. The predicted octanol–water partition coefficient (Wildman–Crippen LogP) is 4.30. The lowest BCUT2D eigenvalue weighted by Gasteiger charge is -2.39. The SMILES string of the molecule is CC(C)CC(CO)N(C1CCc2ccccc2C1)S(=O)(=O)c1ccc(Cl)cc1. The zero-order valence-corrected chi connectivity index (χ0v) is 18.0. The number of aliphatic hydroxyl groups is 1. The van der Waals surface area contributed by atoms with Crippen LogP contribution in [0.1, 0.15) is 37.8 Å². The Bertz CT molecular complexity index is 896. The molecule has 4 nitrogen and oxygen atoms in total. The summed E-state index contributed by atoms with van der Waals surface area (Å²) in [6, 6.07) is 13.9. The van der Waals surface area contributed by atoms with E-state index in [1.165, 1.54) is 11.1 Å². The molecular weight excluding hydrogens is 394 g/mol. The molecule has 1 aliphatic carbocycles. The molecule has 1 N–H and O–H groups in total. The van der Waals surface area contributed by atoms with Gasteiger partial charge in [-0.3, -0.25) is 0 Å². The fourth-order valence-electron chi connectivity index (χ4n) is 4.12.